The van der Waals surface area contributed by atoms with E-state index in [0.717, 1.165) is 9.87 Å². The molecule has 1 aliphatic heterocycles. The molecule has 9 heteroatoms. The van der Waals surface area contributed by atoms with E-state index in [2.05, 4.69) is 5.32 Å². The molecule has 0 radical (unpaired) electrons. The van der Waals surface area contributed by atoms with Crippen molar-refractivity contribution in [3.63, 3.8) is 0 Å². The van der Waals surface area contributed by atoms with Crippen molar-refractivity contribution < 1.29 is 22.7 Å². The summed E-state index contributed by atoms with van der Waals surface area (Å²) >= 11 is 0. The Balaban J connectivity index is 1.71. The molecule has 0 atom stereocenters. The van der Waals surface area contributed by atoms with Crippen LogP contribution in [-0.4, -0.2) is 38.2 Å². The summed E-state index contributed by atoms with van der Waals surface area (Å²) in [6, 6.07) is 13.3. The molecule has 0 aromatic heterocycles. The Bertz CT molecular complexity index is 944. The lowest BCUT2D eigenvalue weighted by atomic mass is 10.1. The van der Waals surface area contributed by atoms with Crippen LogP contribution in [0, 0.1) is 0 Å². The number of fused-ring (bicyclic) bond motifs is 1. The van der Waals surface area contributed by atoms with Gasteiger partial charge in [-0.05, 0) is 23.8 Å². The highest BCUT2D eigenvalue weighted by atomic mass is 32.2. The maximum atomic E-state index is 12.4. The normalized spacial score (nSPS) is 13.5. The molecule has 1 aliphatic rings. The van der Waals surface area contributed by atoms with E-state index in [0.29, 0.717) is 11.4 Å². The van der Waals surface area contributed by atoms with Crippen LogP contribution >= 0.6 is 0 Å². The molecule has 2 N–H and O–H groups in total. The van der Waals surface area contributed by atoms with Crippen LogP contribution in [-0.2, 0) is 21.5 Å². The van der Waals surface area contributed by atoms with Gasteiger partial charge in [0.05, 0.1) is 5.69 Å². The van der Waals surface area contributed by atoms with E-state index in [1.807, 2.05) is 10.8 Å². The van der Waals surface area contributed by atoms with Gasteiger partial charge in [0.15, 0.2) is 6.61 Å². The van der Waals surface area contributed by atoms with Crippen molar-refractivity contribution in [3.05, 3.63) is 59.7 Å². The van der Waals surface area contributed by atoms with Crippen LogP contribution in [0.5, 0.6) is 5.75 Å². The van der Waals surface area contributed by atoms with E-state index in [9.17, 15) is 18.0 Å². The van der Waals surface area contributed by atoms with Gasteiger partial charge >= 0.3 is 10.2 Å². The quantitative estimate of drug-likeness (QED) is 0.815. The van der Waals surface area contributed by atoms with Gasteiger partial charge < -0.3 is 10.1 Å². The summed E-state index contributed by atoms with van der Waals surface area (Å²) in [4.78, 5) is 23.6. The maximum Gasteiger partial charge on any atom is 0.304 e. The van der Waals surface area contributed by atoms with Gasteiger partial charge in [-0.15, -0.1) is 0 Å². The Kier molecular flexibility index (Phi) is 4.92. The lowest BCUT2D eigenvalue weighted by Gasteiger charge is -2.19. The van der Waals surface area contributed by atoms with Crippen molar-refractivity contribution in [2.45, 2.75) is 6.54 Å². The topological polar surface area (TPSA) is 105 Å². The van der Waals surface area contributed by atoms with E-state index in [1.54, 1.807) is 24.3 Å². The summed E-state index contributed by atoms with van der Waals surface area (Å²) in [5.41, 5.74) is 1.34. The van der Waals surface area contributed by atoms with Gasteiger partial charge in [-0.1, -0.05) is 30.3 Å². The lowest BCUT2D eigenvalue weighted by Crippen LogP contribution is -2.41. The molecule has 2 amide bonds. The molecular weight excluding hydrogens is 358 g/mol. The molecular formula is C17H17N3O5S. The van der Waals surface area contributed by atoms with Gasteiger partial charge in [-0.2, -0.15) is 12.7 Å². The number of carbonyl (C=O) groups is 2. The number of amides is 2. The molecule has 2 aromatic carbocycles. The van der Waals surface area contributed by atoms with Gasteiger partial charge in [-0.3, -0.25) is 9.59 Å². The number of rotatable bonds is 5. The second-order valence-electron chi connectivity index (χ2n) is 5.73. The molecule has 8 nitrogen and oxygen atoms in total. The van der Waals surface area contributed by atoms with Gasteiger partial charge in [0.2, 0.25) is 0 Å². The Morgan fingerprint density at radius 3 is 2.69 bits per heavy atom. The monoisotopic (exact) mass is 375 g/mol. The SMILES string of the molecule is CN(Cc1ccccc1)S(=O)(=O)NC(=O)c1ccc2c(c1)OCC(=O)N2. The number of nitrogens with one attached hydrogen (secondary N) is 2. The van der Waals surface area contributed by atoms with Gasteiger partial charge in [-0.25, -0.2) is 4.72 Å². The number of anilines is 1. The molecule has 0 saturated carbocycles. The number of nitrogens with zero attached hydrogens (tertiary/aromatic N) is 1. The molecule has 136 valence electrons. The molecule has 1 heterocycles. The zero-order chi connectivity index (χ0) is 18.7. The largest absolute Gasteiger partial charge is 0.482 e. The molecule has 0 aliphatic carbocycles. The highest BCUT2D eigenvalue weighted by molar-refractivity contribution is 7.87. The van der Waals surface area contributed by atoms with Crippen molar-refractivity contribution in [2.24, 2.45) is 0 Å². The predicted octanol–water partition coefficient (Wildman–Crippen LogP) is 1.12. The van der Waals surface area contributed by atoms with Crippen molar-refractivity contribution in [1.29, 1.82) is 0 Å². The first-order valence-corrected chi connectivity index (χ1v) is 9.18. The first kappa shape index (κ1) is 17.9. The van der Waals surface area contributed by atoms with Crippen LogP contribution in [0.1, 0.15) is 15.9 Å². The van der Waals surface area contributed by atoms with Crippen molar-refractivity contribution in [1.82, 2.24) is 9.03 Å². The van der Waals surface area contributed by atoms with Crippen LogP contribution in [0.25, 0.3) is 0 Å². The van der Waals surface area contributed by atoms with Gasteiger partial charge in [0.25, 0.3) is 11.8 Å². The standard InChI is InChI=1S/C17H17N3O5S/c1-20(10-12-5-3-2-4-6-12)26(23,24)19-17(22)13-7-8-14-15(9-13)25-11-16(21)18-14/h2-9H,10-11H2,1H3,(H,18,21)(H,19,22). The van der Waals surface area contributed by atoms with E-state index in [1.165, 1.54) is 25.2 Å². The maximum absolute atomic E-state index is 12.4. The average Bonchev–Trinajstić information content (AvgIpc) is 2.61. The van der Waals surface area contributed by atoms with Crippen LogP contribution in [0.15, 0.2) is 48.5 Å². The third kappa shape index (κ3) is 4.01. The van der Waals surface area contributed by atoms with E-state index < -0.39 is 16.1 Å². The van der Waals surface area contributed by atoms with Crippen LogP contribution in [0.3, 0.4) is 0 Å². The molecule has 0 saturated heterocycles. The molecule has 2 aromatic rings. The van der Waals surface area contributed by atoms with Crippen molar-refractivity contribution >= 4 is 27.7 Å². The number of carbonyl (C=O) groups excluding carboxylic acids is 2. The average molecular weight is 375 g/mol. The smallest absolute Gasteiger partial charge is 0.304 e. The Labute approximate surface area is 150 Å². The fraction of sp³-hybridized carbons (Fsp3) is 0.176. The summed E-state index contributed by atoms with van der Waals surface area (Å²) in [7, 11) is -2.63. The molecule has 0 unspecified atom stereocenters. The third-order valence-corrected chi connectivity index (χ3v) is 5.15. The summed E-state index contributed by atoms with van der Waals surface area (Å²) in [5.74, 6) is -0.764. The van der Waals surface area contributed by atoms with Gasteiger partial charge in [0.1, 0.15) is 5.75 Å². The lowest BCUT2D eigenvalue weighted by molar-refractivity contribution is -0.118. The predicted molar refractivity (Wildman–Crippen MR) is 94.9 cm³/mol. The highest BCUT2D eigenvalue weighted by Crippen LogP contribution is 2.28. The van der Waals surface area contributed by atoms with Crippen molar-refractivity contribution in [2.75, 3.05) is 19.0 Å². The number of benzene rings is 2. The fourth-order valence-electron chi connectivity index (χ4n) is 2.40. The van der Waals surface area contributed by atoms with Crippen LogP contribution in [0.2, 0.25) is 0 Å². The zero-order valence-corrected chi connectivity index (χ0v) is 14.7. The molecule has 26 heavy (non-hydrogen) atoms. The molecule has 0 fully saturated rings. The number of ether oxygens (including phenoxy) is 1. The minimum Gasteiger partial charge on any atom is -0.482 e. The highest BCUT2D eigenvalue weighted by Gasteiger charge is 2.23. The molecule has 0 spiro atoms. The summed E-state index contributed by atoms with van der Waals surface area (Å²) in [5, 5.41) is 2.60. The van der Waals surface area contributed by atoms with E-state index >= 15 is 0 Å². The van der Waals surface area contributed by atoms with Crippen LogP contribution < -0.4 is 14.8 Å². The second kappa shape index (κ2) is 7.14. The third-order valence-electron chi connectivity index (χ3n) is 3.76. The summed E-state index contributed by atoms with van der Waals surface area (Å²) in [6.07, 6.45) is 0. The molecule has 0 bridgehead atoms. The first-order valence-electron chi connectivity index (χ1n) is 7.74. The second-order valence-corrected chi connectivity index (χ2v) is 7.50. The Morgan fingerprint density at radius 2 is 1.96 bits per heavy atom. The van der Waals surface area contributed by atoms with Crippen molar-refractivity contribution in [3.8, 4) is 5.75 Å². The fourth-order valence-corrected chi connectivity index (χ4v) is 3.22. The van der Waals surface area contributed by atoms with Gasteiger partial charge in [0, 0.05) is 19.2 Å². The number of hydrogen-bond donors (Lipinski definition) is 2. The Hall–Kier alpha value is -2.91. The minimum absolute atomic E-state index is 0.108. The number of hydrogen-bond acceptors (Lipinski definition) is 5. The first-order chi connectivity index (χ1) is 12.3. The van der Waals surface area contributed by atoms with Crippen LogP contribution in [0.4, 0.5) is 5.69 Å². The Morgan fingerprint density at radius 1 is 1.23 bits per heavy atom. The summed E-state index contributed by atoms with van der Waals surface area (Å²) < 4.78 is 33.0. The summed E-state index contributed by atoms with van der Waals surface area (Å²) in [6.45, 7) is -0.0288. The van der Waals surface area contributed by atoms with E-state index in [4.69, 9.17) is 4.74 Å². The molecule has 3 rings (SSSR count). The van der Waals surface area contributed by atoms with E-state index in [-0.39, 0.29) is 24.6 Å². The minimum atomic E-state index is -4.01. The zero-order valence-electron chi connectivity index (χ0n) is 13.9.